The Kier molecular flexibility index (Phi) is 4.80. The first-order chi connectivity index (χ1) is 10.2. The van der Waals surface area contributed by atoms with E-state index in [-0.39, 0.29) is 6.04 Å². The molecule has 0 saturated carbocycles. The van der Waals surface area contributed by atoms with E-state index < -0.39 is 0 Å². The molecule has 1 aliphatic heterocycles. The maximum Gasteiger partial charge on any atom is 0.0771 e. The summed E-state index contributed by atoms with van der Waals surface area (Å²) >= 11 is 2.32. The van der Waals surface area contributed by atoms with Crippen LogP contribution in [0.25, 0.3) is 0 Å². The molecule has 0 spiro atoms. The summed E-state index contributed by atoms with van der Waals surface area (Å²) in [5, 5.41) is 7.91. The maximum absolute atomic E-state index is 5.65. The van der Waals surface area contributed by atoms with E-state index in [1.54, 1.807) is 0 Å². The fraction of sp³-hybridized carbons (Fsp3) is 0.438. The van der Waals surface area contributed by atoms with Gasteiger partial charge in [-0.3, -0.25) is 4.68 Å². The van der Waals surface area contributed by atoms with Gasteiger partial charge < -0.3 is 10.1 Å². The minimum Gasteiger partial charge on any atom is -0.376 e. The lowest BCUT2D eigenvalue weighted by atomic mass is 10.1. The van der Waals surface area contributed by atoms with Crippen LogP contribution in [-0.4, -0.2) is 22.5 Å². The van der Waals surface area contributed by atoms with Gasteiger partial charge in [-0.1, -0.05) is 12.1 Å². The molecule has 0 amide bonds. The fourth-order valence-electron chi connectivity index (χ4n) is 2.62. The average molecular weight is 397 g/mol. The third-order valence-corrected chi connectivity index (χ3v) is 4.52. The van der Waals surface area contributed by atoms with E-state index in [0.717, 1.165) is 25.3 Å². The number of nitrogens with one attached hydrogen (secondary N) is 1. The van der Waals surface area contributed by atoms with Crippen molar-refractivity contribution >= 4 is 28.3 Å². The summed E-state index contributed by atoms with van der Waals surface area (Å²) in [6.45, 7) is 3.90. The summed E-state index contributed by atoms with van der Waals surface area (Å²) in [6.07, 6.45) is 6.58. The number of ether oxygens (including phenoxy) is 1. The van der Waals surface area contributed by atoms with Crippen molar-refractivity contribution in [2.24, 2.45) is 0 Å². The van der Waals surface area contributed by atoms with Crippen LogP contribution in [0.4, 0.5) is 5.69 Å². The first kappa shape index (κ1) is 14.8. The molecule has 1 fully saturated rings. The molecule has 0 radical (unpaired) electrons. The van der Waals surface area contributed by atoms with Crippen LogP contribution < -0.4 is 5.32 Å². The smallest absolute Gasteiger partial charge is 0.0771 e. The second-order valence-electron chi connectivity index (χ2n) is 5.50. The maximum atomic E-state index is 5.65. The topological polar surface area (TPSA) is 39.1 Å². The molecule has 4 nitrogen and oxygen atoms in total. The van der Waals surface area contributed by atoms with Crippen LogP contribution in [0.1, 0.15) is 31.4 Å². The highest BCUT2D eigenvalue weighted by Gasteiger charge is 2.16. The molecular formula is C16H20IN3O. The highest BCUT2D eigenvalue weighted by atomic mass is 127. The molecule has 5 heteroatoms. The minimum atomic E-state index is 0.266. The highest BCUT2D eigenvalue weighted by Crippen LogP contribution is 2.20. The van der Waals surface area contributed by atoms with Crippen LogP contribution in [0.2, 0.25) is 0 Å². The molecule has 3 rings (SSSR count). The third kappa shape index (κ3) is 3.97. The van der Waals surface area contributed by atoms with Crippen LogP contribution in [0.5, 0.6) is 0 Å². The molecule has 1 N–H and O–H groups in total. The average Bonchev–Trinajstić information content (AvgIpc) is 3.12. The number of rotatable bonds is 5. The quantitative estimate of drug-likeness (QED) is 0.780. The Labute approximate surface area is 139 Å². The summed E-state index contributed by atoms with van der Waals surface area (Å²) in [7, 11) is 0. The van der Waals surface area contributed by atoms with Crippen LogP contribution in [0.15, 0.2) is 36.7 Å². The summed E-state index contributed by atoms with van der Waals surface area (Å²) in [4.78, 5) is 0. The van der Waals surface area contributed by atoms with E-state index in [4.69, 9.17) is 4.74 Å². The lowest BCUT2D eigenvalue weighted by Crippen LogP contribution is -2.15. The molecule has 112 valence electrons. The summed E-state index contributed by atoms with van der Waals surface area (Å²) in [6, 6.07) is 8.86. The van der Waals surface area contributed by atoms with Gasteiger partial charge >= 0.3 is 0 Å². The van der Waals surface area contributed by atoms with Crippen molar-refractivity contribution < 1.29 is 4.74 Å². The summed E-state index contributed by atoms with van der Waals surface area (Å²) < 4.78 is 8.87. The number of halogens is 1. The Hall–Kier alpha value is -1.08. The predicted molar refractivity (Wildman–Crippen MR) is 92.4 cm³/mol. The Bertz CT molecular complexity index is 575. The summed E-state index contributed by atoms with van der Waals surface area (Å²) in [5.41, 5.74) is 2.33. The van der Waals surface area contributed by atoms with Gasteiger partial charge in [-0.15, -0.1) is 0 Å². The van der Waals surface area contributed by atoms with Crippen molar-refractivity contribution in [3.05, 3.63) is 45.8 Å². The van der Waals surface area contributed by atoms with E-state index in [9.17, 15) is 0 Å². The first-order valence-electron chi connectivity index (χ1n) is 7.37. The predicted octanol–water partition coefficient (Wildman–Crippen LogP) is 3.84. The Balaban J connectivity index is 1.59. The molecule has 2 unspecified atom stereocenters. The zero-order valence-corrected chi connectivity index (χ0v) is 14.3. The van der Waals surface area contributed by atoms with Crippen LogP contribution in [0.3, 0.4) is 0 Å². The van der Waals surface area contributed by atoms with Crippen LogP contribution >= 0.6 is 22.6 Å². The van der Waals surface area contributed by atoms with Crippen molar-refractivity contribution in [3.63, 3.8) is 0 Å². The molecule has 0 bridgehead atoms. The normalized spacial score (nSPS) is 19.6. The molecular weight excluding hydrogens is 377 g/mol. The number of anilines is 1. The molecule has 1 aromatic heterocycles. The van der Waals surface area contributed by atoms with Crippen molar-refractivity contribution in [2.75, 3.05) is 11.9 Å². The fourth-order valence-corrected chi connectivity index (χ4v) is 2.98. The Morgan fingerprint density at radius 2 is 2.24 bits per heavy atom. The van der Waals surface area contributed by atoms with Gasteiger partial charge in [0.2, 0.25) is 0 Å². The van der Waals surface area contributed by atoms with Gasteiger partial charge in [0.15, 0.2) is 0 Å². The first-order valence-corrected chi connectivity index (χ1v) is 8.44. The zero-order chi connectivity index (χ0) is 14.7. The van der Waals surface area contributed by atoms with Crippen molar-refractivity contribution in [1.29, 1.82) is 0 Å². The molecule has 1 aliphatic rings. The lowest BCUT2D eigenvalue weighted by Gasteiger charge is -2.14. The van der Waals surface area contributed by atoms with Crippen LogP contribution in [0, 0.1) is 3.57 Å². The zero-order valence-electron chi connectivity index (χ0n) is 12.1. The molecule has 2 heterocycles. The van der Waals surface area contributed by atoms with Crippen molar-refractivity contribution in [2.45, 2.75) is 38.5 Å². The van der Waals surface area contributed by atoms with Gasteiger partial charge in [-0.2, -0.15) is 5.10 Å². The largest absolute Gasteiger partial charge is 0.376 e. The van der Waals surface area contributed by atoms with Crippen molar-refractivity contribution in [3.8, 4) is 0 Å². The van der Waals surface area contributed by atoms with E-state index in [0.29, 0.717) is 6.10 Å². The van der Waals surface area contributed by atoms with E-state index in [2.05, 4.69) is 70.4 Å². The number of hydrogen-bond donors (Lipinski definition) is 1. The number of hydrogen-bond acceptors (Lipinski definition) is 3. The van der Waals surface area contributed by atoms with E-state index in [1.165, 1.54) is 15.6 Å². The molecule has 1 aromatic carbocycles. The summed E-state index contributed by atoms with van der Waals surface area (Å²) in [5.74, 6) is 0. The van der Waals surface area contributed by atoms with E-state index >= 15 is 0 Å². The molecule has 1 saturated heterocycles. The monoisotopic (exact) mass is 397 g/mol. The van der Waals surface area contributed by atoms with Gasteiger partial charge in [-0.25, -0.2) is 0 Å². The molecule has 2 aromatic rings. The third-order valence-electron chi connectivity index (χ3n) is 3.80. The highest BCUT2D eigenvalue weighted by molar-refractivity contribution is 14.1. The lowest BCUT2D eigenvalue weighted by molar-refractivity contribution is 0.0940. The van der Waals surface area contributed by atoms with Gasteiger partial charge in [0.25, 0.3) is 0 Å². The Morgan fingerprint density at radius 1 is 1.43 bits per heavy atom. The second-order valence-corrected chi connectivity index (χ2v) is 6.75. The Morgan fingerprint density at radius 3 is 2.95 bits per heavy atom. The second kappa shape index (κ2) is 6.79. The van der Waals surface area contributed by atoms with E-state index in [1.807, 2.05) is 10.9 Å². The number of aromatic nitrogens is 2. The standard InChI is InChI=1S/C16H20IN3O/c1-12(13-4-6-14(17)7-5-13)19-15-9-18-20(10-15)11-16-3-2-8-21-16/h4-7,9-10,12,16,19H,2-3,8,11H2,1H3. The van der Waals surface area contributed by atoms with Gasteiger partial charge in [0, 0.05) is 22.4 Å². The van der Waals surface area contributed by atoms with Gasteiger partial charge in [0.1, 0.15) is 0 Å². The number of nitrogens with zero attached hydrogens (tertiary/aromatic N) is 2. The van der Waals surface area contributed by atoms with Crippen LogP contribution in [-0.2, 0) is 11.3 Å². The molecule has 0 aliphatic carbocycles. The van der Waals surface area contributed by atoms with Crippen molar-refractivity contribution in [1.82, 2.24) is 9.78 Å². The molecule has 21 heavy (non-hydrogen) atoms. The minimum absolute atomic E-state index is 0.266. The molecule has 2 atom stereocenters. The van der Waals surface area contributed by atoms with Gasteiger partial charge in [0.05, 0.1) is 24.5 Å². The van der Waals surface area contributed by atoms with Gasteiger partial charge in [-0.05, 0) is 60.1 Å². The SMILES string of the molecule is CC(Nc1cnn(CC2CCCO2)c1)c1ccc(I)cc1. The number of benzene rings is 1.